The van der Waals surface area contributed by atoms with Crippen LogP contribution >= 0.6 is 11.8 Å². The monoisotopic (exact) mass is 431 g/mol. The first kappa shape index (κ1) is 24.2. The van der Waals surface area contributed by atoms with Gasteiger partial charge in [-0.3, -0.25) is 4.90 Å². The molecule has 0 bridgehead atoms. The van der Waals surface area contributed by atoms with E-state index in [2.05, 4.69) is 76.2 Å². The first-order valence-electron chi connectivity index (χ1n) is 10.8. The molecule has 8 heteroatoms. The van der Waals surface area contributed by atoms with Crippen molar-refractivity contribution in [3.8, 4) is 0 Å². The second-order valence-corrected chi connectivity index (χ2v) is 8.17. The van der Waals surface area contributed by atoms with Gasteiger partial charge in [-0.25, -0.2) is 4.99 Å². The number of likely N-dealkylation sites (N-methyl/N-ethyl adjacent to an activating group) is 1. The number of hydrogen-bond donors (Lipinski definition) is 2. The van der Waals surface area contributed by atoms with Gasteiger partial charge in [0.05, 0.1) is 6.04 Å². The van der Waals surface area contributed by atoms with Crippen LogP contribution in [0.15, 0.2) is 35.3 Å². The van der Waals surface area contributed by atoms with Gasteiger partial charge in [-0.15, -0.1) is 10.2 Å². The molecule has 0 aliphatic rings. The van der Waals surface area contributed by atoms with Gasteiger partial charge in [0.2, 0.25) is 0 Å². The number of thioether (sulfide) groups is 1. The van der Waals surface area contributed by atoms with Crippen molar-refractivity contribution in [3.05, 3.63) is 47.5 Å². The number of guanidine groups is 1. The van der Waals surface area contributed by atoms with E-state index in [0.717, 1.165) is 56.0 Å². The van der Waals surface area contributed by atoms with Crippen LogP contribution in [0.3, 0.4) is 0 Å². The van der Waals surface area contributed by atoms with Crippen molar-refractivity contribution < 1.29 is 0 Å². The van der Waals surface area contributed by atoms with Gasteiger partial charge < -0.3 is 15.2 Å². The molecule has 1 heterocycles. The van der Waals surface area contributed by atoms with Gasteiger partial charge in [0.15, 0.2) is 11.8 Å². The van der Waals surface area contributed by atoms with Crippen LogP contribution in [0, 0.1) is 6.92 Å². The molecule has 1 unspecified atom stereocenters. The first-order valence-corrected chi connectivity index (χ1v) is 12.1. The molecule has 1 atom stereocenters. The highest BCUT2D eigenvalue weighted by atomic mass is 32.2. The van der Waals surface area contributed by atoms with Gasteiger partial charge in [-0.2, -0.15) is 11.8 Å². The number of hydrogen-bond acceptors (Lipinski definition) is 5. The molecule has 0 aliphatic heterocycles. The van der Waals surface area contributed by atoms with E-state index in [4.69, 9.17) is 4.99 Å². The van der Waals surface area contributed by atoms with E-state index in [-0.39, 0.29) is 6.04 Å². The highest BCUT2D eigenvalue weighted by molar-refractivity contribution is 7.98. The molecule has 0 saturated heterocycles. The van der Waals surface area contributed by atoms with Crippen molar-refractivity contribution in [3.63, 3.8) is 0 Å². The van der Waals surface area contributed by atoms with Crippen molar-refractivity contribution in [1.82, 2.24) is 30.3 Å². The Morgan fingerprint density at radius 2 is 1.90 bits per heavy atom. The summed E-state index contributed by atoms with van der Waals surface area (Å²) in [6.45, 7) is 10.6. The van der Waals surface area contributed by atoms with E-state index >= 15 is 0 Å². The molecule has 0 amide bonds. The van der Waals surface area contributed by atoms with Crippen LogP contribution in [0.2, 0.25) is 0 Å². The van der Waals surface area contributed by atoms with Crippen LogP contribution in [0.25, 0.3) is 0 Å². The summed E-state index contributed by atoms with van der Waals surface area (Å²) in [5.41, 5.74) is 1.32. The summed E-state index contributed by atoms with van der Waals surface area (Å²) < 4.78 is 1.98. The summed E-state index contributed by atoms with van der Waals surface area (Å²) in [7, 11) is 1.98. The molecular weight excluding hydrogens is 394 g/mol. The second kappa shape index (κ2) is 13.3. The number of nitrogens with one attached hydrogen (secondary N) is 2. The van der Waals surface area contributed by atoms with E-state index in [0.29, 0.717) is 6.54 Å². The maximum atomic E-state index is 4.79. The zero-order valence-corrected chi connectivity index (χ0v) is 19.9. The van der Waals surface area contributed by atoms with E-state index in [9.17, 15) is 0 Å². The van der Waals surface area contributed by atoms with Gasteiger partial charge >= 0.3 is 0 Å². The van der Waals surface area contributed by atoms with E-state index in [1.165, 1.54) is 5.56 Å². The first-order chi connectivity index (χ1) is 14.6. The molecule has 7 nitrogen and oxygen atoms in total. The van der Waals surface area contributed by atoms with Crippen molar-refractivity contribution in [2.24, 2.45) is 12.0 Å². The zero-order valence-electron chi connectivity index (χ0n) is 19.1. The highest BCUT2D eigenvalue weighted by Gasteiger charge is 2.18. The third kappa shape index (κ3) is 7.32. The van der Waals surface area contributed by atoms with E-state index < -0.39 is 0 Å². The predicted molar refractivity (Wildman–Crippen MR) is 128 cm³/mol. The number of aryl methyl sites for hydroxylation is 1. The number of benzene rings is 1. The molecule has 2 aromatic rings. The smallest absolute Gasteiger partial charge is 0.191 e. The number of nitrogens with zero attached hydrogens (tertiary/aromatic N) is 5. The van der Waals surface area contributed by atoms with Crippen LogP contribution in [-0.2, 0) is 13.6 Å². The number of aromatic nitrogens is 3. The lowest BCUT2D eigenvalue weighted by Gasteiger charge is -2.31. The highest BCUT2D eigenvalue weighted by Crippen LogP contribution is 2.19. The molecule has 0 fully saturated rings. The molecule has 166 valence electrons. The maximum Gasteiger partial charge on any atom is 0.191 e. The third-order valence-electron chi connectivity index (χ3n) is 5.28. The summed E-state index contributed by atoms with van der Waals surface area (Å²) in [4.78, 5) is 7.26. The molecule has 1 aromatic carbocycles. The molecule has 0 spiro atoms. The Bertz CT molecular complexity index is 756. The van der Waals surface area contributed by atoms with Crippen molar-refractivity contribution in [2.45, 2.75) is 39.8 Å². The van der Waals surface area contributed by atoms with Crippen LogP contribution in [-0.4, -0.2) is 63.8 Å². The van der Waals surface area contributed by atoms with Crippen LogP contribution in [0.4, 0.5) is 0 Å². The lowest BCUT2D eigenvalue weighted by molar-refractivity contribution is 0.219. The van der Waals surface area contributed by atoms with Crippen LogP contribution in [0.1, 0.15) is 43.5 Å². The van der Waals surface area contributed by atoms with Crippen molar-refractivity contribution in [1.29, 1.82) is 0 Å². The molecule has 30 heavy (non-hydrogen) atoms. The Balaban J connectivity index is 2.11. The lowest BCUT2D eigenvalue weighted by Crippen LogP contribution is -2.43. The average Bonchev–Trinajstić information content (AvgIpc) is 3.09. The fourth-order valence-corrected chi connectivity index (χ4v) is 3.76. The summed E-state index contributed by atoms with van der Waals surface area (Å²) in [5.74, 6) is 3.72. The second-order valence-electron chi connectivity index (χ2n) is 7.19. The topological polar surface area (TPSA) is 70.4 Å². The lowest BCUT2D eigenvalue weighted by atomic mass is 10.1. The fraction of sp³-hybridized carbons (Fsp3) is 0.591. The largest absolute Gasteiger partial charge is 0.356 e. The number of aliphatic imine (C=N–C) groups is 1. The fourth-order valence-electron chi connectivity index (χ4n) is 3.33. The van der Waals surface area contributed by atoms with E-state index in [1.807, 2.05) is 30.3 Å². The zero-order chi connectivity index (χ0) is 21.8. The minimum Gasteiger partial charge on any atom is -0.356 e. The molecule has 0 aliphatic carbocycles. The summed E-state index contributed by atoms with van der Waals surface area (Å²) in [6, 6.07) is 11.0. The van der Waals surface area contributed by atoms with Crippen molar-refractivity contribution in [2.75, 3.05) is 38.2 Å². The quantitative estimate of drug-likeness (QED) is 0.306. The Hall–Kier alpha value is -2.06. The molecular formula is C22H37N7S. The molecule has 2 rings (SSSR count). The molecule has 2 N–H and O–H groups in total. The third-order valence-corrected chi connectivity index (χ3v) is 5.98. The van der Waals surface area contributed by atoms with Gasteiger partial charge in [0, 0.05) is 20.1 Å². The normalized spacial score (nSPS) is 12.9. The van der Waals surface area contributed by atoms with Crippen molar-refractivity contribution >= 4 is 17.7 Å². The Morgan fingerprint density at radius 1 is 1.17 bits per heavy atom. The molecule has 0 saturated carbocycles. The summed E-state index contributed by atoms with van der Waals surface area (Å²) in [5, 5.41) is 15.4. The number of rotatable bonds is 12. The summed E-state index contributed by atoms with van der Waals surface area (Å²) >= 11 is 1.87. The van der Waals surface area contributed by atoms with E-state index in [1.54, 1.807) is 0 Å². The van der Waals surface area contributed by atoms with Gasteiger partial charge in [0.25, 0.3) is 0 Å². The maximum absolute atomic E-state index is 4.79. The average molecular weight is 432 g/mol. The Morgan fingerprint density at radius 3 is 2.50 bits per heavy atom. The van der Waals surface area contributed by atoms with Crippen LogP contribution in [0.5, 0.6) is 0 Å². The minimum atomic E-state index is 0.288. The summed E-state index contributed by atoms with van der Waals surface area (Å²) in [6.07, 6.45) is 3.24. The Kier molecular flexibility index (Phi) is 10.7. The van der Waals surface area contributed by atoms with Gasteiger partial charge in [0.1, 0.15) is 12.4 Å². The predicted octanol–water partition coefficient (Wildman–Crippen LogP) is 2.99. The Labute approximate surface area is 185 Å². The standard InChI is InChI=1S/C22H37N7S/c1-6-29(7-2)20(19-12-9-8-10-13-19)16-24-22(23-14-11-15-30-5)25-17-21-27-26-18(3)28(21)4/h8-10,12-13,20H,6-7,11,14-17H2,1-5H3,(H2,23,24,25). The molecule has 1 aromatic heterocycles. The van der Waals surface area contributed by atoms with Gasteiger partial charge in [-0.05, 0) is 44.0 Å². The molecule has 0 radical (unpaired) electrons. The van der Waals surface area contributed by atoms with Gasteiger partial charge in [-0.1, -0.05) is 44.2 Å². The van der Waals surface area contributed by atoms with Crippen LogP contribution < -0.4 is 10.6 Å². The SMILES string of the molecule is CCN(CC)C(CNC(=NCc1nnc(C)n1C)NCCCSC)c1ccccc1. The minimum absolute atomic E-state index is 0.288.